The van der Waals surface area contributed by atoms with Crippen LogP contribution in [0.5, 0.6) is 5.75 Å². The minimum atomic E-state index is -1.04. The number of para-hydroxylation sites is 1. The van der Waals surface area contributed by atoms with Gasteiger partial charge in [-0.15, -0.1) is 0 Å². The molecular formula is C11H13F2NO3. The van der Waals surface area contributed by atoms with Crippen LogP contribution in [0.1, 0.15) is 6.42 Å². The lowest BCUT2D eigenvalue weighted by Gasteiger charge is -2.12. The summed E-state index contributed by atoms with van der Waals surface area (Å²) in [5, 5.41) is 11.3. The van der Waals surface area contributed by atoms with Gasteiger partial charge in [0, 0.05) is 6.42 Å². The lowest BCUT2D eigenvalue weighted by Crippen LogP contribution is -2.35. The van der Waals surface area contributed by atoms with Crippen LogP contribution in [0, 0.1) is 11.6 Å². The van der Waals surface area contributed by atoms with Crippen molar-refractivity contribution in [3.8, 4) is 5.75 Å². The summed E-state index contributed by atoms with van der Waals surface area (Å²) >= 11 is 0. The second-order valence-electron chi connectivity index (χ2n) is 3.37. The Balaban J connectivity index is 2.54. The topological polar surface area (TPSA) is 58.6 Å². The molecule has 1 rings (SSSR count). The number of carboxylic acids is 1. The number of benzene rings is 1. The van der Waals surface area contributed by atoms with Crippen LogP contribution in [0.2, 0.25) is 0 Å². The van der Waals surface area contributed by atoms with Gasteiger partial charge in [-0.1, -0.05) is 6.07 Å². The van der Waals surface area contributed by atoms with E-state index in [1.807, 2.05) is 0 Å². The molecule has 0 saturated carbocycles. The summed E-state index contributed by atoms with van der Waals surface area (Å²) in [6, 6.07) is 2.58. The van der Waals surface area contributed by atoms with Gasteiger partial charge in [0.15, 0.2) is 17.4 Å². The molecule has 0 spiro atoms. The Labute approximate surface area is 97.2 Å². The second-order valence-corrected chi connectivity index (χ2v) is 3.37. The fourth-order valence-electron chi connectivity index (χ4n) is 1.29. The van der Waals surface area contributed by atoms with Gasteiger partial charge in [0.05, 0.1) is 6.61 Å². The van der Waals surface area contributed by atoms with Crippen LogP contribution in [0.25, 0.3) is 0 Å². The number of nitrogens with one attached hydrogen (secondary N) is 1. The molecule has 0 saturated heterocycles. The highest BCUT2D eigenvalue weighted by molar-refractivity contribution is 5.73. The maximum absolute atomic E-state index is 13.1. The Morgan fingerprint density at radius 2 is 2.06 bits per heavy atom. The summed E-state index contributed by atoms with van der Waals surface area (Å²) in [5.74, 6) is -3.12. The number of hydrogen-bond donors (Lipinski definition) is 2. The summed E-state index contributed by atoms with van der Waals surface area (Å²) in [6.07, 6.45) is 0.111. The van der Waals surface area contributed by atoms with Crippen molar-refractivity contribution >= 4 is 5.97 Å². The Kier molecular flexibility index (Phi) is 4.84. The van der Waals surface area contributed by atoms with Gasteiger partial charge < -0.3 is 15.2 Å². The predicted octanol–water partition coefficient (Wildman–Crippen LogP) is 1.41. The Hall–Kier alpha value is -1.69. The normalized spacial score (nSPS) is 12.2. The smallest absolute Gasteiger partial charge is 0.320 e. The molecule has 17 heavy (non-hydrogen) atoms. The first-order chi connectivity index (χ1) is 8.06. The molecule has 0 heterocycles. The summed E-state index contributed by atoms with van der Waals surface area (Å²) in [6.45, 7) is -0.0876. The van der Waals surface area contributed by atoms with Crippen LogP contribution >= 0.6 is 0 Å². The number of ether oxygens (including phenoxy) is 1. The van der Waals surface area contributed by atoms with E-state index < -0.39 is 29.4 Å². The van der Waals surface area contributed by atoms with E-state index >= 15 is 0 Å². The molecule has 1 aromatic rings. The van der Waals surface area contributed by atoms with Gasteiger partial charge in [-0.2, -0.15) is 0 Å². The first kappa shape index (κ1) is 13.4. The first-order valence-electron chi connectivity index (χ1n) is 5.03. The average Bonchev–Trinajstić information content (AvgIpc) is 2.27. The van der Waals surface area contributed by atoms with Crippen molar-refractivity contribution in [2.45, 2.75) is 12.5 Å². The van der Waals surface area contributed by atoms with Crippen LogP contribution in [-0.4, -0.2) is 30.8 Å². The summed E-state index contributed by atoms with van der Waals surface area (Å²) in [7, 11) is 1.49. The zero-order valence-electron chi connectivity index (χ0n) is 9.24. The molecule has 1 atom stereocenters. The van der Waals surface area contributed by atoms with Gasteiger partial charge in [-0.05, 0) is 19.2 Å². The highest BCUT2D eigenvalue weighted by atomic mass is 19.1. The van der Waals surface area contributed by atoms with Crippen molar-refractivity contribution in [2.75, 3.05) is 13.7 Å². The maximum atomic E-state index is 13.1. The zero-order chi connectivity index (χ0) is 12.8. The third-order valence-corrected chi connectivity index (χ3v) is 2.22. The lowest BCUT2D eigenvalue weighted by atomic mass is 10.2. The molecule has 4 nitrogen and oxygen atoms in total. The van der Waals surface area contributed by atoms with E-state index in [2.05, 4.69) is 5.32 Å². The minimum absolute atomic E-state index is 0.0876. The quantitative estimate of drug-likeness (QED) is 0.795. The number of aliphatic carboxylic acids is 1. The Bertz CT molecular complexity index is 378. The van der Waals surface area contributed by atoms with Gasteiger partial charge in [0.1, 0.15) is 6.04 Å². The molecule has 0 radical (unpaired) electrons. The second kappa shape index (κ2) is 6.15. The molecule has 0 aliphatic rings. The Morgan fingerprint density at radius 1 is 1.47 bits per heavy atom. The van der Waals surface area contributed by atoms with Crippen molar-refractivity contribution in [3.05, 3.63) is 29.8 Å². The molecule has 6 heteroatoms. The van der Waals surface area contributed by atoms with Crippen LogP contribution in [0.3, 0.4) is 0 Å². The molecular weight excluding hydrogens is 232 g/mol. The van der Waals surface area contributed by atoms with Crippen molar-refractivity contribution < 1.29 is 23.4 Å². The SMILES string of the molecule is CNC(CCOc1c(F)cccc1F)C(=O)O. The third-order valence-electron chi connectivity index (χ3n) is 2.22. The summed E-state index contributed by atoms with van der Waals surface area (Å²) < 4.78 is 31.1. The highest BCUT2D eigenvalue weighted by Crippen LogP contribution is 2.20. The average molecular weight is 245 g/mol. The van der Waals surface area contributed by atoms with Crippen LogP contribution in [0.15, 0.2) is 18.2 Å². The van der Waals surface area contributed by atoms with E-state index in [-0.39, 0.29) is 13.0 Å². The van der Waals surface area contributed by atoms with E-state index in [0.717, 1.165) is 12.1 Å². The number of rotatable bonds is 6. The third kappa shape index (κ3) is 3.67. The number of halogens is 2. The molecule has 0 fully saturated rings. The predicted molar refractivity (Wildman–Crippen MR) is 57.0 cm³/mol. The van der Waals surface area contributed by atoms with Crippen molar-refractivity contribution in [3.63, 3.8) is 0 Å². The lowest BCUT2D eigenvalue weighted by molar-refractivity contribution is -0.139. The molecule has 0 aliphatic heterocycles. The molecule has 1 unspecified atom stereocenters. The van der Waals surface area contributed by atoms with Crippen molar-refractivity contribution in [2.24, 2.45) is 0 Å². The number of hydrogen-bond acceptors (Lipinski definition) is 3. The minimum Gasteiger partial charge on any atom is -0.488 e. The monoisotopic (exact) mass is 245 g/mol. The van der Waals surface area contributed by atoms with E-state index in [0.29, 0.717) is 0 Å². The standard InChI is InChI=1S/C11H13F2NO3/c1-14-9(11(15)16)5-6-17-10-7(12)3-2-4-8(10)13/h2-4,9,14H,5-6H2,1H3,(H,15,16). The van der Waals surface area contributed by atoms with E-state index in [4.69, 9.17) is 9.84 Å². The van der Waals surface area contributed by atoms with Gasteiger partial charge in [-0.25, -0.2) is 8.78 Å². The molecule has 1 aromatic carbocycles. The largest absolute Gasteiger partial charge is 0.488 e. The molecule has 2 N–H and O–H groups in total. The van der Waals surface area contributed by atoms with E-state index in [9.17, 15) is 13.6 Å². The van der Waals surface area contributed by atoms with Crippen molar-refractivity contribution in [1.82, 2.24) is 5.32 Å². The van der Waals surface area contributed by atoms with Crippen LogP contribution < -0.4 is 10.1 Å². The number of carboxylic acid groups (broad SMARTS) is 1. The van der Waals surface area contributed by atoms with Gasteiger partial charge in [-0.3, -0.25) is 4.79 Å². The zero-order valence-corrected chi connectivity index (χ0v) is 9.24. The Morgan fingerprint density at radius 3 is 2.53 bits per heavy atom. The summed E-state index contributed by atoms with van der Waals surface area (Å²) in [5.41, 5.74) is 0. The maximum Gasteiger partial charge on any atom is 0.320 e. The van der Waals surface area contributed by atoms with Crippen LogP contribution in [-0.2, 0) is 4.79 Å². The van der Waals surface area contributed by atoms with Gasteiger partial charge in [0.25, 0.3) is 0 Å². The number of likely N-dealkylation sites (N-methyl/N-ethyl adjacent to an activating group) is 1. The van der Waals surface area contributed by atoms with E-state index in [1.54, 1.807) is 0 Å². The van der Waals surface area contributed by atoms with Gasteiger partial charge >= 0.3 is 5.97 Å². The fraction of sp³-hybridized carbons (Fsp3) is 0.364. The highest BCUT2D eigenvalue weighted by Gasteiger charge is 2.16. The molecule has 0 aromatic heterocycles. The summed E-state index contributed by atoms with van der Waals surface area (Å²) in [4.78, 5) is 10.6. The molecule has 0 bridgehead atoms. The van der Waals surface area contributed by atoms with Crippen molar-refractivity contribution in [1.29, 1.82) is 0 Å². The molecule has 0 aliphatic carbocycles. The first-order valence-corrected chi connectivity index (χ1v) is 5.03. The van der Waals surface area contributed by atoms with E-state index in [1.165, 1.54) is 13.1 Å². The number of carbonyl (C=O) groups is 1. The molecule has 94 valence electrons. The fourth-order valence-corrected chi connectivity index (χ4v) is 1.29. The molecule has 0 amide bonds. The van der Waals surface area contributed by atoms with Gasteiger partial charge in [0.2, 0.25) is 0 Å². The van der Waals surface area contributed by atoms with Crippen LogP contribution in [0.4, 0.5) is 8.78 Å².